The molecule has 1 aliphatic carbocycles. The number of rotatable bonds is 3. The van der Waals surface area contributed by atoms with Crippen LogP contribution in [-0.2, 0) is 0 Å². The van der Waals surface area contributed by atoms with Crippen molar-refractivity contribution in [2.24, 2.45) is 5.10 Å². The number of benzene rings is 1. The smallest absolute Gasteiger partial charge is 0.271 e. The molecule has 0 aliphatic heterocycles. The molecular formula is C17H25N3O. The summed E-state index contributed by atoms with van der Waals surface area (Å²) in [6.07, 6.45) is 8.29. The van der Waals surface area contributed by atoms with Crippen molar-refractivity contribution in [3.63, 3.8) is 0 Å². The first-order chi connectivity index (χ1) is 10.2. The molecule has 0 atom stereocenters. The lowest BCUT2D eigenvalue weighted by Gasteiger charge is -2.13. The fourth-order valence-electron chi connectivity index (χ4n) is 2.53. The van der Waals surface area contributed by atoms with E-state index in [1.54, 1.807) is 0 Å². The number of nitrogens with zero attached hydrogens (tertiary/aromatic N) is 2. The molecule has 1 aromatic rings. The maximum atomic E-state index is 12.1. The molecule has 2 rings (SSSR count). The van der Waals surface area contributed by atoms with Crippen LogP contribution in [0.25, 0.3) is 0 Å². The second kappa shape index (κ2) is 7.81. The summed E-state index contributed by atoms with van der Waals surface area (Å²) >= 11 is 0. The van der Waals surface area contributed by atoms with Gasteiger partial charge in [0.1, 0.15) is 0 Å². The highest BCUT2D eigenvalue weighted by molar-refractivity contribution is 5.95. The summed E-state index contributed by atoms with van der Waals surface area (Å²) in [5.74, 6) is -0.130. The van der Waals surface area contributed by atoms with Crippen molar-refractivity contribution in [2.75, 3.05) is 19.0 Å². The Labute approximate surface area is 127 Å². The monoisotopic (exact) mass is 287 g/mol. The molecule has 1 N–H and O–H groups in total. The number of carbonyl (C=O) groups is 1. The van der Waals surface area contributed by atoms with Crippen LogP contribution in [0.4, 0.5) is 5.69 Å². The zero-order valence-electron chi connectivity index (χ0n) is 13.1. The summed E-state index contributed by atoms with van der Waals surface area (Å²) in [7, 11) is 3.96. The van der Waals surface area contributed by atoms with Crippen LogP contribution in [0, 0.1) is 0 Å². The van der Waals surface area contributed by atoms with Gasteiger partial charge in [-0.1, -0.05) is 19.3 Å². The minimum Gasteiger partial charge on any atom is -0.378 e. The fraction of sp³-hybridized carbons (Fsp3) is 0.529. The Hall–Kier alpha value is -1.84. The standard InChI is InChI=1S/C17H25N3O/c1-20(2)16-12-10-14(11-13-16)17(21)19-18-15-8-6-4-3-5-7-9-15/h10-13H,3-9H2,1-2H3,(H,19,21). The molecule has 4 nitrogen and oxygen atoms in total. The van der Waals surface area contributed by atoms with E-state index in [-0.39, 0.29) is 5.91 Å². The number of nitrogens with one attached hydrogen (secondary N) is 1. The summed E-state index contributed by atoms with van der Waals surface area (Å²) in [4.78, 5) is 14.1. The van der Waals surface area contributed by atoms with Crippen LogP contribution in [-0.4, -0.2) is 25.7 Å². The SMILES string of the molecule is CN(C)c1ccc(C(=O)NN=C2CCCCCCC2)cc1. The zero-order chi connectivity index (χ0) is 15.1. The average Bonchev–Trinajstić information content (AvgIpc) is 2.46. The third-order valence-electron chi connectivity index (χ3n) is 3.89. The molecule has 0 bridgehead atoms. The van der Waals surface area contributed by atoms with Crippen LogP contribution >= 0.6 is 0 Å². The maximum absolute atomic E-state index is 12.1. The van der Waals surface area contributed by atoms with Gasteiger partial charge in [0.25, 0.3) is 5.91 Å². The van der Waals surface area contributed by atoms with E-state index in [4.69, 9.17) is 0 Å². The fourth-order valence-corrected chi connectivity index (χ4v) is 2.53. The van der Waals surface area contributed by atoms with Crippen LogP contribution in [0.2, 0.25) is 0 Å². The molecule has 0 spiro atoms. The molecule has 1 aliphatic rings. The van der Waals surface area contributed by atoms with E-state index < -0.39 is 0 Å². The molecule has 1 saturated carbocycles. The van der Waals surface area contributed by atoms with Crippen molar-refractivity contribution in [3.8, 4) is 0 Å². The Morgan fingerprint density at radius 2 is 1.57 bits per heavy atom. The third kappa shape index (κ3) is 4.88. The number of hydrogen-bond acceptors (Lipinski definition) is 3. The molecule has 0 aromatic heterocycles. The van der Waals surface area contributed by atoms with Crippen LogP contribution in [0.1, 0.15) is 55.3 Å². The highest BCUT2D eigenvalue weighted by Gasteiger charge is 2.08. The number of hydrazone groups is 1. The van der Waals surface area contributed by atoms with Crippen LogP contribution < -0.4 is 10.3 Å². The first kappa shape index (κ1) is 15.5. The second-order valence-corrected chi connectivity index (χ2v) is 5.83. The number of amides is 1. The van der Waals surface area contributed by atoms with Crippen molar-refractivity contribution >= 4 is 17.3 Å². The van der Waals surface area contributed by atoms with Gasteiger partial charge in [0.15, 0.2) is 0 Å². The molecule has 4 heteroatoms. The minimum atomic E-state index is -0.130. The van der Waals surface area contributed by atoms with E-state index in [9.17, 15) is 4.79 Å². The Bertz CT molecular complexity index is 481. The van der Waals surface area contributed by atoms with Crippen molar-refractivity contribution in [1.29, 1.82) is 0 Å². The number of carbonyl (C=O) groups excluding carboxylic acids is 1. The van der Waals surface area contributed by atoms with E-state index in [0.29, 0.717) is 5.56 Å². The third-order valence-corrected chi connectivity index (χ3v) is 3.89. The van der Waals surface area contributed by atoms with Gasteiger partial charge in [0, 0.05) is 31.1 Å². The average molecular weight is 287 g/mol. The van der Waals surface area contributed by atoms with E-state index in [0.717, 1.165) is 24.2 Å². The van der Waals surface area contributed by atoms with Crippen LogP contribution in [0.15, 0.2) is 29.4 Å². The van der Waals surface area contributed by atoms with E-state index in [2.05, 4.69) is 10.5 Å². The largest absolute Gasteiger partial charge is 0.378 e. The first-order valence-electron chi connectivity index (χ1n) is 7.80. The lowest BCUT2D eigenvalue weighted by molar-refractivity contribution is 0.0954. The van der Waals surface area contributed by atoms with Crippen molar-refractivity contribution < 1.29 is 4.79 Å². The molecule has 114 valence electrons. The molecule has 0 unspecified atom stereocenters. The zero-order valence-corrected chi connectivity index (χ0v) is 13.1. The van der Waals surface area contributed by atoms with Crippen LogP contribution in [0.5, 0.6) is 0 Å². The highest BCUT2D eigenvalue weighted by Crippen LogP contribution is 2.15. The minimum absolute atomic E-state index is 0.130. The lowest BCUT2D eigenvalue weighted by atomic mass is 9.99. The predicted octanol–water partition coefficient (Wildman–Crippen LogP) is 3.58. The Balaban J connectivity index is 1.93. The molecule has 1 amide bonds. The van der Waals surface area contributed by atoms with E-state index in [1.165, 1.54) is 32.1 Å². The van der Waals surface area contributed by atoms with E-state index >= 15 is 0 Å². The Morgan fingerprint density at radius 3 is 2.14 bits per heavy atom. The molecule has 1 aromatic carbocycles. The number of hydrogen-bond donors (Lipinski definition) is 1. The second-order valence-electron chi connectivity index (χ2n) is 5.83. The first-order valence-corrected chi connectivity index (χ1v) is 7.80. The Morgan fingerprint density at radius 1 is 1.00 bits per heavy atom. The summed E-state index contributed by atoms with van der Waals surface area (Å²) in [6.45, 7) is 0. The van der Waals surface area contributed by atoms with Crippen molar-refractivity contribution in [3.05, 3.63) is 29.8 Å². The summed E-state index contributed by atoms with van der Waals surface area (Å²) in [5.41, 5.74) is 5.56. The van der Waals surface area contributed by atoms with Gasteiger partial charge in [0.2, 0.25) is 0 Å². The molecule has 0 saturated heterocycles. The topological polar surface area (TPSA) is 44.7 Å². The quantitative estimate of drug-likeness (QED) is 0.864. The van der Waals surface area contributed by atoms with E-state index in [1.807, 2.05) is 43.3 Å². The molecule has 0 heterocycles. The van der Waals surface area contributed by atoms with Gasteiger partial charge in [-0.05, 0) is 49.9 Å². The van der Waals surface area contributed by atoms with Gasteiger partial charge in [-0.15, -0.1) is 0 Å². The highest BCUT2D eigenvalue weighted by atomic mass is 16.2. The van der Waals surface area contributed by atoms with Gasteiger partial charge in [0.05, 0.1) is 0 Å². The van der Waals surface area contributed by atoms with Gasteiger partial charge in [-0.25, -0.2) is 5.43 Å². The molecule has 21 heavy (non-hydrogen) atoms. The molecule has 1 fully saturated rings. The molecular weight excluding hydrogens is 262 g/mol. The predicted molar refractivity (Wildman–Crippen MR) is 88.0 cm³/mol. The number of anilines is 1. The lowest BCUT2D eigenvalue weighted by Crippen LogP contribution is -2.20. The van der Waals surface area contributed by atoms with Crippen molar-refractivity contribution in [1.82, 2.24) is 5.43 Å². The van der Waals surface area contributed by atoms with Crippen LogP contribution in [0.3, 0.4) is 0 Å². The van der Waals surface area contributed by atoms with Crippen molar-refractivity contribution in [2.45, 2.75) is 44.9 Å². The summed E-state index contributed by atoms with van der Waals surface area (Å²) in [6, 6.07) is 7.56. The van der Waals surface area contributed by atoms with Gasteiger partial charge < -0.3 is 4.90 Å². The summed E-state index contributed by atoms with van der Waals surface area (Å²) < 4.78 is 0. The Kier molecular flexibility index (Phi) is 5.78. The summed E-state index contributed by atoms with van der Waals surface area (Å²) in [5, 5.41) is 4.33. The molecule has 0 radical (unpaired) electrons. The maximum Gasteiger partial charge on any atom is 0.271 e. The normalized spacial score (nSPS) is 15.8. The van der Waals surface area contributed by atoms with Gasteiger partial charge >= 0.3 is 0 Å². The van der Waals surface area contributed by atoms with Gasteiger partial charge in [-0.3, -0.25) is 4.79 Å². The van der Waals surface area contributed by atoms with Gasteiger partial charge in [-0.2, -0.15) is 5.10 Å².